The summed E-state index contributed by atoms with van der Waals surface area (Å²) in [5.74, 6) is -1.24. The van der Waals surface area contributed by atoms with E-state index in [2.05, 4.69) is 25.4 Å². The van der Waals surface area contributed by atoms with Gasteiger partial charge in [-0.25, -0.2) is 13.2 Å². The zero-order valence-electron chi connectivity index (χ0n) is 30.4. The largest absolute Gasteiger partial charge is 0.508 e. The van der Waals surface area contributed by atoms with Crippen LogP contribution in [0.5, 0.6) is 17.5 Å². The highest BCUT2D eigenvalue weighted by atomic mass is 19.1. The molecule has 3 N–H and O–H groups in total. The number of likely N-dealkylation sites (tertiary alicyclic amines) is 1. The number of rotatable bonds is 7. The van der Waals surface area contributed by atoms with Gasteiger partial charge in [0.25, 0.3) is 0 Å². The van der Waals surface area contributed by atoms with Crippen molar-refractivity contribution >= 4 is 27.5 Å². The van der Waals surface area contributed by atoms with Crippen molar-refractivity contribution in [2.45, 2.75) is 82.6 Å². The molecule has 53 heavy (non-hydrogen) atoms. The third-order valence-electron chi connectivity index (χ3n) is 12.3. The van der Waals surface area contributed by atoms with Crippen LogP contribution in [0.15, 0.2) is 30.3 Å². The summed E-state index contributed by atoms with van der Waals surface area (Å²) in [4.78, 5) is 14.2. The molecule has 282 valence electrons. The Bertz CT molecular complexity index is 2010. The molecule has 12 heteroatoms. The molecule has 0 aliphatic carbocycles. The number of aromatic hydroxyl groups is 1. The Morgan fingerprint density at radius 2 is 1.87 bits per heavy atom. The number of alkyl halides is 1. The van der Waals surface area contributed by atoms with E-state index in [0.29, 0.717) is 48.4 Å². The summed E-state index contributed by atoms with van der Waals surface area (Å²) in [6, 6.07) is 8.82. The Morgan fingerprint density at radius 1 is 1.00 bits per heavy atom. The molecule has 2 bridgehead atoms. The van der Waals surface area contributed by atoms with Crippen LogP contribution >= 0.6 is 0 Å². The van der Waals surface area contributed by atoms with E-state index in [4.69, 9.17) is 14.5 Å². The van der Waals surface area contributed by atoms with Gasteiger partial charge in [-0.05, 0) is 110 Å². The van der Waals surface area contributed by atoms with Crippen molar-refractivity contribution in [1.29, 1.82) is 0 Å². The lowest BCUT2D eigenvalue weighted by Crippen LogP contribution is -2.60. The summed E-state index contributed by atoms with van der Waals surface area (Å²) < 4.78 is 62.2. The molecule has 3 aromatic carbocycles. The average Bonchev–Trinajstić information content (AvgIpc) is 3.46. The van der Waals surface area contributed by atoms with Crippen LogP contribution in [0.4, 0.5) is 19.0 Å². The van der Waals surface area contributed by atoms with Gasteiger partial charge in [0.05, 0.1) is 23.6 Å². The molecule has 9 rings (SSSR count). The van der Waals surface area contributed by atoms with Crippen LogP contribution in [0.2, 0.25) is 0 Å². The van der Waals surface area contributed by atoms with E-state index in [1.807, 2.05) is 25.1 Å². The third-order valence-corrected chi connectivity index (χ3v) is 12.3. The third kappa shape index (κ3) is 6.54. The van der Waals surface area contributed by atoms with Crippen molar-refractivity contribution in [3.63, 3.8) is 0 Å². The number of nitrogens with one attached hydrogen (secondary N) is 2. The number of benzene rings is 3. The number of nitrogens with zero attached hydrogens (tertiary/aromatic N) is 4. The maximum absolute atomic E-state index is 17.3. The number of halogens is 3. The molecule has 0 radical (unpaired) electrons. The summed E-state index contributed by atoms with van der Waals surface area (Å²) in [5.41, 5.74) is 0.727. The maximum atomic E-state index is 17.3. The molecular formula is C41H49F3N6O3. The number of phenolic OH excluding ortho intramolecular Hbond substituents is 1. The van der Waals surface area contributed by atoms with Crippen LogP contribution in [0, 0.1) is 23.5 Å². The van der Waals surface area contributed by atoms with E-state index in [1.165, 1.54) is 25.3 Å². The van der Waals surface area contributed by atoms with Crippen LogP contribution in [-0.2, 0) is 6.42 Å². The van der Waals surface area contributed by atoms with Gasteiger partial charge in [-0.15, -0.1) is 0 Å². The topological polar surface area (TPSA) is 95.0 Å². The molecule has 4 aromatic rings. The van der Waals surface area contributed by atoms with Crippen molar-refractivity contribution in [2.24, 2.45) is 11.8 Å². The molecule has 3 unspecified atom stereocenters. The molecule has 1 aromatic heterocycles. The van der Waals surface area contributed by atoms with Gasteiger partial charge in [0.15, 0.2) is 17.4 Å². The standard InChI is InChI=1S/C41H49F3N6O3/c1-2-25-7-6-8-26-15-29(51)16-30(33(25)26)34-36(43)38-35-39(37(34)44)52-22-32-31-10-9-28(46-31)20-50(32)40(35)48-41(47-38)53-21-23-13-24(17-45-18-27(42)14-23)19-49-11-4-3-5-12-49/h6-8,15-16,23-24,27-28,31-32,45-46,51H,2-5,9-14,17-22H2,1H3/t23-,24+,27-,28?,31?,32?/m1/s1. The smallest absolute Gasteiger partial charge is 0.319 e. The molecule has 0 spiro atoms. The number of hydrogen-bond donors (Lipinski definition) is 3. The van der Waals surface area contributed by atoms with Gasteiger partial charge in [0, 0.05) is 31.7 Å². The molecule has 0 saturated carbocycles. The zero-order valence-corrected chi connectivity index (χ0v) is 30.4. The number of aromatic nitrogens is 2. The molecule has 6 atom stereocenters. The second-order valence-electron chi connectivity index (χ2n) is 16.0. The summed E-state index contributed by atoms with van der Waals surface area (Å²) >= 11 is 0. The number of piperidine rings is 1. The van der Waals surface area contributed by atoms with Crippen LogP contribution in [0.3, 0.4) is 0 Å². The average molecular weight is 731 g/mol. The predicted molar refractivity (Wildman–Crippen MR) is 200 cm³/mol. The molecule has 5 aliphatic rings. The highest BCUT2D eigenvalue weighted by molar-refractivity contribution is 6.05. The Balaban J connectivity index is 1.14. The fourth-order valence-electron chi connectivity index (χ4n) is 9.88. The number of piperazine rings is 1. The van der Waals surface area contributed by atoms with E-state index in [9.17, 15) is 5.11 Å². The first-order valence-electron chi connectivity index (χ1n) is 19.7. The minimum Gasteiger partial charge on any atom is -0.508 e. The second-order valence-corrected chi connectivity index (χ2v) is 16.0. The van der Waals surface area contributed by atoms with Crippen LogP contribution < -0.4 is 25.0 Å². The molecule has 4 saturated heterocycles. The van der Waals surface area contributed by atoms with E-state index in [0.717, 1.165) is 51.0 Å². The first kappa shape index (κ1) is 34.9. The van der Waals surface area contributed by atoms with Gasteiger partial charge in [-0.3, -0.25) is 0 Å². The lowest BCUT2D eigenvalue weighted by molar-refractivity contribution is 0.122. The summed E-state index contributed by atoms with van der Waals surface area (Å²) in [5, 5.41) is 19.3. The highest BCUT2D eigenvalue weighted by Gasteiger charge is 2.45. The fraction of sp³-hybridized carbons (Fsp3) is 0.561. The van der Waals surface area contributed by atoms with Crippen molar-refractivity contribution in [2.75, 3.05) is 57.4 Å². The van der Waals surface area contributed by atoms with Gasteiger partial charge in [0.2, 0.25) is 0 Å². The number of phenols is 1. The van der Waals surface area contributed by atoms with Gasteiger partial charge < -0.3 is 35.0 Å². The number of aryl methyl sites for hydroxylation is 1. The Kier molecular flexibility index (Phi) is 9.48. The van der Waals surface area contributed by atoms with Crippen LogP contribution in [-0.4, -0.2) is 96.8 Å². The minimum atomic E-state index is -1.01. The number of hydrogen-bond acceptors (Lipinski definition) is 9. The maximum Gasteiger partial charge on any atom is 0.319 e. The van der Waals surface area contributed by atoms with Gasteiger partial charge in [0.1, 0.15) is 29.9 Å². The summed E-state index contributed by atoms with van der Waals surface area (Å²) in [6.45, 7) is 7.20. The highest BCUT2D eigenvalue weighted by Crippen LogP contribution is 2.48. The van der Waals surface area contributed by atoms with Gasteiger partial charge in [-0.2, -0.15) is 9.97 Å². The van der Waals surface area contributed by atoms with Crippen molar-refractivity contribution in [1.82, 2.24) is 25.5 Å². The fourth-order valence-corrected chi connectivity index (χ4v) is 9.88. The number of fused-ring (bicyclic) bond motifs is 6. The SMILES string of the molecule is CCc1cccc2cc(O)cc(-c3c(F)c4c5c(nc(OC[C@H]6C[C@@H](F)CNC[C@@H](CN7CCCCC7)C6)nc5c3F)N3CC5CCC(N5)C3CO4)c12. The van der Waals surface area contributed by atoms with E-state index >= 15 is 13.2 Å². The molecule has 6 heterocycles. The molecule has 0 amide bonds. The molecular weight excluding hydrogens is 681 g/mol. The lowest BCUT2D eigenvalue weighted by atomic mass is 9.88. The first-order valence-corrected chi connectivity index (χ1v) is 19.7. The van der Waals surface area contributed by atoms with E-state index in [1.54, 1.807) is 6.07 Å². The van der Waals surface area contributed by atoms with Crippen LogP contribution in [0.1, 0.15) is 57.4 Å². The monoisotopic (exact) mass is 730 g/mol. The second kappa shape index (κ2) is 14.4. The van der Waals surface area contributed by atoms with Crippen LogP contribution in [0.25, 0.3) is 32.8 Å². The quantitative estimate of drug-likeness (QED) is 0.197. The molecule has 4 fully saturated rings. The Hall–Kier alpha value is -3.87. The predicted octanol–water partition coefficient (Wildman–Crippen LogP) is 6.52. The Morgan fingerprint density at radius 3 is 2.72 bits per heavy atom. The van der Waals surface area contributed by atoms with Crippen molar-refractivity contribution in [3.05, 3.63) is 47.5 Å². The zero-order chi connectivity index (χ0) is 36.2. The van der Waals surface area contributed by atoms with Gasteiger partial charge in [-0.1, -0.05) is 31.5 Å². The summed E-state index contributed by atoms with van der Waals surface area (Å²) in [7, 11) is 0. The van der Waals surface area contributed by atoms with E-state index < -0.39 is 17.8 Å². The van der Waals surface area contributed by atoms with Gasteiger partial charge >= 0.3 is 6.01 Å². The lowest BCUT2D eigenvalue weighted by Gasteiger charge is -2.40. The molecule has 5 aliphatic heterocycles. The Labute approximate surface area is 308 Å². The normalized spacial score (nSPS) is 27.6. The number of ether oxygens (including phenoxy) is 2. The van der Waals surface area contributed by atoms with E-state index in [-0.39, 0.29) is 76.8 Å². The summed E-state index contributed by atoms with van der Waals surface area (Å²) in [6.07, 6.45) is 6.40. The first-order chi connectivity index (χ1) is 25.8. The minimum absolute atomic E-state index is 0.0142. The molecule has 9 nitrogen and oxygen atoms in total. The van der Waals surface area contributed by atoms with Crippen molar-refractivity contribution < 1.29 is 27.8 Å². The number of anilines is 1. The van der Waals surface area contributed by atoms with Crippen molar-refractivity contribution in [3.8, 4) is 28.6 Å².